The minimum absolute atomic E-state index is 0.205. The van der Waals surface area contributed by atoms with E-state index in [4.69, 9.17) is 19.5 Å². The Morgan fingerprint density at radius 3 is 2.38 bits per heavy atom. The Labute approximate surface area is 168 Å². The number of H-pyrrole nitrogens is 1. The lowest BCUT2D eigenvalue weighted by molar-refractivity contribution is -0.149. The van der Waals surface area contributed by atoms with Crippen LogP contribution < -0.4 is 4.74 Å². The van der Waals surface area contributed by atoms with Crippen molar-refractivity contribution < 1.29 is 28.6 Å². The average molecular weight is 398 g/mol. The number of Topliss-reactive ketones (excluding diaryl/α,β-unsaturated/α-hetero) is 1. The van der Waals surface area contributed by atoms with E-state index in [1.807, 2.05) is 6.07 Å². The average Bonchev–Trinajstić information content (AvgIpc) is 3.00. The van der Waals surface area contributed by atoms with Crippen molar-refractivity contribution in [2.45, 2.75) is 33.8 Å². The van der Waals surface area contributed by atoms with Crippen molar-refractivity contribution in [2.75, 3.05) is 13.2 Å². The summed E-state index contributed by atoms with van der Waals surface area (Å²) in [5, 5.41) is 8.79. The fraction of sp³-hybridized carbons (Fsp3) is 0.333. The Balaban J connectivity index is 1.98. The van der Waals surface area contributed by atoms with Gasteiger partial charge < -0.3 is 19.2 Å². The van der Waals surface area contributed by atoms with Crippen LogP contribution in [0.4, 0.5) is 0 Å². The Bertz CT molecular complexity index is 953. The maximum Gasteiger partial charge on any atom is 0.355 e. The van der Waals surface area contributed by atoms with Gasteiger partial charge in [0.25, 0.3) is 0 Å². The molecule has 0 aliphatic heterocycles. The van der Waals surface area contributed by atoms with Crippen LogP contribution in [0.25, 0.3) is 0 Å². The second-order valence-corrected chi connectivity index (χ2v) is 6.27. The zero-order valence-corrected chi connectivity index (χ0v) is 16.7. The van der Waals surface area contributed by atoms with Gasteiger partial charge in [0.1, 0.15) is 11.4 Å². The number of aryl methyl sites for hydroxylation is 1. The van der Waals surface area contributed by atoms with Crippen LogP contribution in [0.15, 0.2) is 24.3 Å². The zero-order valence-electron chi connectivity index (χ0n) is 16.7. The first-order valence-electron chi connectivity index (χ1n) is 9.01. The number of nitrogens with one attached hydrogen (secondary N) is 1. The molecule has 0 amide bonds. The molecule has 8 nitrogen and oxygen atoms in total. The van der Waals surface area contributed by atoms with Crippen molar-refractivity contribution in [1.29, 1.82) is 5.26 Å². The Morgan fingerprint density at radius 2 is 1.79 bits per heavy atom. The van der Waals surface area contributed by atoms with E-state index < -0.39 is 30.4 Å². The molecule has 1 aromatic heterocycles. The monoisotopic (exact) mass is 398 g/mol. The summed E-state index contributed by atoms with van der Waals surface area (Å²) in [6.45, 7) is 6.20. The molecule has 1 atom stereocenters. The molecule has 1 unspecified atom stereocenters. The van der Waals surface area contributed by atoms with Gasteiger partial charge in [0, 0.05) is 11.3 Å². The van der Waals surface area contributed by atoms with Gasteiger partial charge in [-0.05, 0) is 57.5 Å². The van der Waals surface area contributed by atoms with Crippen LogP contribution >= 0.6 is 0 Å². The van der Waals surface area contributed by atoms with Gasteiger partial charge in [0.2, 0.25) is 5.78 Å². The van der Waals surface area contributed by atoms with Crippen molar-refractivity contribution in [2.24, 2.45) is 0 Å². The van der Waals surface area contributed by atoms with E-state index in [2.05, 4.69) is 4.98 Å². The van der Waals surface area contributed by atoms with E-state index in [0.717, 1.165) is 0 Å². The number of ketones is 1. The van der Waals surface area contributed by atoms with Crippen molar-refractivity contribution in [1.82, 2.24) is 4.98 Å². The summed E-state index contributed by atoms with van der Waals surface area (Å²) in [7, 11) is 0. The first-order chi connectivity index (χ1) is 13.8. The molecule has 0 aliphatic carbocycles. The minimum Gasteiger partial charge on any atom is -0.479 e. The van der Waals surface area contributed by atoms with Gasteiger partial charge in [0.05, 0.1) is 18.2 Å². The van der Waals surface area contributed by atoms with Crippen LogP contribution in [0.2, 0.25) is 0 Å². The highest BCUT2D eigenvalue weighted by atomic mass is 16.6. The summed E-state index contributed by atoms with van der Waals surface area (Å²) in [5.41, 5.74) is 1.91. The number of hydrogen-bond donors (Lipinski definition) is 1. The third-order valence-electron chi connectivity index (χ3n) is 4.17. The standard InChI is InChI=1S/C21H22N2O6/c1-5-27-21(26)19-12(2)18(13(3)23-19)17(24)11-28-20(25)14(4)29-16-8-6-15(10-22)7-9-16/h6-9,14,23H,5,11H2,1-4H3. The summed E-state index contributed by atoms with van der Waals surface area (Å²) in [6.07, 6.45) is -0.945. The SMILES string of the molecule is CCOC(=O)c1[nH]c(C)c(C(=O)COC(=O)C(C)Oc2ccc(C#N)cc2)c1C. The van der Waals surface area contributed by atoms with Crippen molar-refractivity contribution >= 4 is 17.7 Å². The van der Waals surface area contributed by atoms with E-state index in [-0.39, 0.29) is 12.3 Å². The fourth-order valence-electron chi connectivity index (χ4n) is 2.76. The Hall–Kier alpha value is -3.60. The largest absolute Gasteiger partial charge is 0.479 e. The molecule has 1 aromatic carbocycles. The van der Waals surface area contributed by atoms with Gasteiger partial charge in [0.15, 0.2) is 12.7 Å². The summed E-state index contributed by atoms with van der Waals surface area (Å²) in [5.74, 6) is -1.30. The second kappa shape index (κ2) is 9.55. The van der Waals surface area contributed by atoms with Crippen LogP contribution in [0.5, 0.6) is 5.75 Å². The number of ether oxygens (including phenoxy) is 3. The normalized spacial score (nSPS) is 11.3. The molecule has 1 N–H and O–H groups in total. The predicted octanol–water partition coefficient (Wildman–Crippen LogP) is 2.87. The lowest BCUT2D eigenvalue weighted by Gasteiger charge is -2.14. The fourth-order valence-corrected chi connectivity index (χ4v) is 2.76. The number of aromatic amines is 1. The van der Waals surface area contributed by atoms with Gasteiger partial charge >= 0.3 is 11.9 Å². The molecular formula is C21H22N2O6. The third kappa shape index (κ3) is 5.23. The van der Waals surface area contributed by atoms with Crippen LogP contribution in [0.1, 0.15) is 51.5 Å². The highest BCUT2D eigenvalue weighted by Gasteiger charge is 2.24. The highest BCUT2D eigenvalue weighted by molar-refractivity contribution is 6.03. The second-order valence-electron chi connectivity index (χ2n) is 6.27. The number of hydrogen-bond acceptors (Lipinski definition) is 7. The number of benzene rings is 1. The Morgan fingerprint density at radius 1 is 1.14 bits per heavy atom. The number of nitriles is 1. The number of esters is 2. The zero-order chi connectivity index (χ0) is 21.6. The Kier molecular flexibility index (Phi) is 7.15. The lowest BCUT2D eigenvalue weighted by Crippen LogP contribution is -2.28. The molecule has 1 heterocycles. The van der Waals surface area contributed by atoms with Gasteiger partial charge in [-0.2, -0.15) is 5.26 Å². The molecule has 0 saturated heterocycles. The minimum atomic E-state index is -0.945. The van der Waals surface area contributed by atoms with Gasteiger partial charge in [-0.3, -0.25) is 4.79 Å². The van der Waals surface area contributed by atoms with E-state index in [1.54, 1.807) is 45.0 Å². The molecule has 2 aromatic rings. The molecule has 29 heavy (non-hydrogen) atoms. The number of aromatic nitrogens is 1. The molecule has 0 radical (unpaired) electrons. The maximum atomic E-state index is 12.5. The molecule has 0 spiro atoms. The molecule has 152 valence electrons. The quantitative estimate of drug-likeness (QED) is 0.536. The topological polar surface area (TPSA) is 118 Å². The van der Waals surface area contributed by atoms with Gasteiger partial charge in [-0.15, -0.1) is 0 Å². The highest BCUT2D eigenvalue weighted by Crippen LogP contribution is 2.20. The number of carbonyl (C=O) groups excluding carboxylic acids is 3. The summed E-state index contributed by atoms with van der Waals surface area (Å²) < 4.78 is 15.5. The molecule has 8 heteroatoms. The molecule has 2 rings (SSSR count). The molecule has 0 saturated carbocycles. The predicted molar refractivity (Wildman–Crippen MR) is 103 cm³/mol. The van der Waals surface area contributed by atoms with Crippen LogP contribution in [0, 0.1) is 25.2 Å². The number of carbonyl (C=O) groups is 3. The lowest BCUT2D eigenvalue weighted by atomic mass is 10.1. The third-order valence-corrected chi connectivity index (χ3v) is 4.17. The summed E-state index contributed by atoms with van der Waals surface area (Å²) in [6, 6.07) is 8.25. The van der Waals surface area contributed by atoms with Crippen LogP contribution in [0.3, 0.4) is 0 Å². The summed E-state index contributed by atoms with van der Waals surface area (Å²) in [4.78, 5) is 39.4. The number of rotatable bonds is 8. The van der Waals surface area contributed by atoms with Crippen molar-refractivity contribution in [3.8, 4) is 11.8 Å². The number of nitrogens with zero attached hydrogens (tertiary/aromatic N) is 1. The smallest absolute Gasteiger partial charge is 0.355 e. The molecule has 0 bridgehead atoms. The van der Waals surface area contributed by atoms with Crippen LogP contribution in [-0.2, 0) is 14.3 Å². The van der Waals surface area contributed by atoms with Crippen molar-refractivity contribution in [3.63, 3.8) is 0 Å². The van der Waals surface area contributed by atoms with E-state index >= 15 is 0 Å². The van der Waals surface area contributed by atoms with Crippen LogP contribution in [-0.4, -0.2) is 42.0 Å². The van der Waals surface area contributed by atoms with E-state index in [0.29, 0.717) is 28.1 Å². The maximum absolute atomic E-state index is 12.5. The molecule has 0 aliphatic rings. The van der Waals surface area contributed by atoms with Gasteiger partial charge in [-0.25, -0.2) is 9.59 Å². The summed E-state index contributed by atoms with van der Waals surface area (Å²) >= 11 is 0. The molecule has 0 fully saturated rings. The van der Waals surface area contributed by atoms with E-state index in [9.17, 15) is 14.4 Å². The first-order valence-corrected chi connectivity index (χ1v) is 9.01. The van der Waals surface area contributed by atoms with Gasteiger partial charge in [-0.1, -0.05) is 0 Å². The van der Waals surface area contributed by atoms with E-state index in [1.165, 1.54) is 6.92 Å². The first kappa shape index (κ1) is 21.7. The molecular weight excluding hydrogens is 376 g/mol. The van der Waals surface area contributed by atoms with Crippen molar-refractivity contribution in [3.05, 3.63) is 52.3 Å².